The van der Waals surface area contributed by atoms with Gasteiger partial charge in [0.15, 0.2) is 0 Å². The Labute approximate surface area is 123 Å². The van der Waals surface area contributed by atoms with Crippen LogP contribution in [0, 0.1) is 11.7 Å². The van der Waals surface area contributed by atoms with Crippen molar-refractivity contribution in [2.45, 2.75) is 53.6 Å². The predicted molar refractivity (Wildman–Crippen MR) is 85.7 cm³/mol. The van der Waals surface area contributed by atoms with E-state index in [1.54, 1.807) is 12.1 Å². The molecule has 1 aromatic carbocycles. The highest BCUT2D eigenvalue weighted by Gasteiger charge is 2.15. The van der Waals surface area contributed by atoms with Crippen LogP contribution in [0.4, 0.5) is 10.1 Å². The van der Waals surface area contributed by atoms with Crippen molar-refractivity contribution in [2.24, 2.45) is 5.92 Å². The molecule has 2 nitrogen and oxygen atoms in total. The molecule has 114 valence electrons. The van der Waals surface area contributed by atoms with Crippen molar-refractivity contribution >= 4 is 5.69 Å². The molecule has 0 unspecified atom stereocenters. The van der Waals surface area contributed by atoms with Gasteiger partial charge in [0, 0.05) is 30.9 Å². The first-order valence-electron chi connectivity index (χ1n) is 7.51. The highest BCUT2D eigenvalue weighted by atomic mass is 19.1. The lowest BCUT2D eigenvalue weighted by Crippen LogP contribution is -2.36. The zero-order valence-electron chi connectivity index (χ0n) is 13.8. The highest BCUT2D eigenvalue weighted by Crippen LogP contribution is 2.23. The molecule has 1 aromatic rings. The second-order valence-corrected chi connectivity index (χ2v) is 6.81. The Hall–Kier alpha value is -1.09. The molecule has 0 aliphatic carbocycles. The molecule has 0 aliphatic heterocycles. The lowest BCUT2D eigenvalue weighted by Gasteiger charge is -2.29. The maximum atomic E-state index is 13.6. The number of anilines is 1. The fourth-order valence-electron chi connectivity index (χ4n) is 2.20. The Morgan fingerprint density at radius 2 is 1.90 bits per heavy atom. The van der Waals surface area contributed by atoms with E-state index in [0.29, 0.717) is 12.5 Å². The average molecular weight is 280 g/mol. The van der Waals surface area contributed by atoms with E-state index in [9.17, 15) is 4.39 Å². The van der Waals surface area contributed by atoms with Gasteiger partial charge >= 0.3 is 0 Å². The summed E-state index contributed by atoms with van der Waals surface area (Å²) in [6, 6.07) is 5.11. The fourth-order valence-corrected chi connectivity index (χ4v) is 2.20. The summed E-state index contributed by atoms with van der Waals surface area (Å²) >= 11 is 0. The van der Waals surface area contributed by atoms with E-state index in [-0.39, 0.29) is 11.4 Å². The van der Waals surface area contributed by atoms with Crippen molar-refractivity contribution in [1.82, 2.24) is 5.32 Å². The van der Waals surface area contributed by atoms with Crippen LogP contribution in [0.15, 0.2) is 18.2 Å². The van der Waals surface area contributed by atoms with Crippen molar-refractivity contribution in [1.29, 1.82) is 0 Å². The van der Waals surface area contributed by atoms with Gasteiger partial charge in [0.05, 0.1) is 0 Å². The largest absolute Gasteiger partial charge is 0.371 e. The standard InChI is InChI=1S/C17H29FN2/c1-7-20(12-13(2)3)16-9-8-15(18)10-14(16)11-19-17(4,5)6/h8-10,13,19H,7,11-12H2,1-6H3. The van der Waals surface area contributed by atoms with Gasteiger partial charge in [0.25, 0.3) is 0 Å². The van der Waals surface area contributed by atoms with Crippen molar-refractivity contribution in [3.05, 3.63) is 29.6 Å². The Morgan fingerprint density at radius 1 is 1.25 bits per heavy atom. The molecule has 0 heterocycles. The molecule has 1 N–H and O–H groups in total. The van der Waals surface area contributed by atoms with Gasteiger partial charge in [-0.15, -0.1) is 0 Å². The minimum absolute atomic E-state index is 0.0265. The van der Waals surface area contributed by atoms with E-state index < -0.39 is 0 Å². The van der Waals surface area contributed by atoms with Gasteiger partial charge in [-0.2, -0.15) is 0 Å². The zero-order valence-corrected chi connectivity index (χ0v) is 13.8. The van der Waals surface area contributed by atoms with Crippen LogP contribution in [0.25, 0.3) is 0 Å². The summed E-state index contributed by atoms with van der Waals surface area (Å²) in [7, 11) is 0. The van der Waals surface area contributed by atoms with E-state index in [1.807, 2.05) is 6.07 Å². The molecular weight excluding hydrogens is 251 g/mol. The Kier molecular flexibility index (Phi) is 6.00. The van der Waals surface area contributed by atoms with Crippen LogP contribution in [-0.2, 0) is 6.54 Å². The normalized spacial score (nSPS) is 12.0. The van der Waals surface area contributed by atoms with Crippen LogP contribution in [-0.4, -0.2) is 18.6 Å². The van der Waals surface area contributed by atoms with E-state index in [2.05, 4.69) is 51.8 Å². The van der Waals surface area contributed by atoms with Gasteiger partial charge in [-0.25, -0.2) is 4.39 Å². The SMILES string of the molecule is CCN(CC(C)C)c1ccc(F)cc1CNC(C)(C)C. The highest BCUT2D eigenvalue weighted by molar-refractivity contribution is 5.54. The molecule has 0 atom stereocenters. The number of nitrogens with zero attached hydrogens (tertiary/aromatic N) is 1. The van der Waals surface area contributed by atoms with E-state index in [0.717, 1.165) is 24.3 Å². The molecule has 0 bridgehead atoms. The van der Waals surface area contributed by atoms with Gasteiger partial charge in [0.1, 0.15) is 5.82 Å². The third-order valence-electron chi connectivity index (χ3n) is 3.16. The minimum Gasteiger partial charge on any atom is -0.371 e. The lowest BCUT2D eigenvalue weighted by molar-refractivity contribution is 0.423. The van der Waals surface area contributed by atoms with Crippen molar-refractivity contribution in [3.8, 4) is 0 Å². The Morgan fingerprint density at radius 3 is 2.40 bits per heavy atom. The Bertz CT molecular complexity index is 421. The minimum atomic E-state index is -0.167. The van der Waals surface area contributed by atoms with Crippen LogP contribution in [0.2, 0.25) is 0 Å². The fraction of sp³-hybridized carbons (Fsp3) is 0.647. The molecule has 0 radical (unpaired) electrons. The quantitative estimate of drug-likeness (QED) is 0.840. The molecule has 1 rings (SSSR count). The number of benzene rings is 1. The molecule has 0 aliphatic rings. The van der Waals surface area contributed by atoms with Crippen LogP contribution < -0.4 is 10.2 Å². The smallest absolute Gasteiger partial charge is 0.123 e. The van der Waals surface area contributed by atoms with Crippen molar-refractivity contribution in [2.75, 3.05) is 18.0 Å². The summed E-state index contributed by atoms with van der Waals surface area (Å²) in [4.78, 5) is 2.32. The first-order chi connectivity index (χ1) is 9.23. The molecule has 0 aromatic heterocycles. The van der Waals surface area contributed by atoms with Crippen LogP contribution in [0.3, 0.4) is 0 Å². The summed E-state index contributed by atoms with van der Waals surface area (Å²) in [5.41, 5.74) is 2.19. The first kappa shape index (κ1) is 17.0. The van der Waals surface area contributed by atoms with Gasteiger partial charge in [-0.1, -0.05) is 13.8 Å². The number of hydrogen-bond donors (Lipinski definition) is 1. The van der Waals surface area contributed by atoms with E-state index in [1.165, 1.54) is 0 Å². The lowest BCUT2D eigenvalue weighted by atomic mass is 10.1. The second kappa shape index (κ2) is 7.07. The molecule has 0 saturated carbocycles. The molecule has 3 heteroatoms. The second-order valence-electron chi connectivity index (χ2n) is 6.81. The zero-order chi connectivity index (χ0) is 15.3. The van der Waals surface area contributed by atoms with E-state index in [4.69, 9.17) is 0 Å². The predicted octanol–water partition coefficient (Wildman–Crippen LogP) is 4.20. The topological polar surface area (TPSA) is 15.3 Å². The summed E-state index contributed by atoms with van der Waals surface area (Å²) < 4.78 is 13.6. The molecule has 0 amide bonds. The maximum Gasteiger partial charge on any atom is 0.123 e. The number of rotatable bonds is 6. The van der Waals surface area contributed by atoms with Crippen molar-refractivity contribution in [3.63, 3.8) is 0 Å². The monoisotopic (exact) mass is 280 g/mol. The summed E-state index contributed by atoms with van der Waals surface area (Å²) in [6.45, 7) is 15.5. The number of nitrogens with one attached hydrogen (secondary N) is 1. The summed E-state index contributed by atoms with van der Waals surface area (Å²) in [6.07, 6.45) is 0. The van der Waals surface area contributed by atoms with Crippen LogP contribution in [0.1, 0.15) is 47.1 Å². The molecule has 0 saturated heterocycles. The van der Waals surface area contributed by atoms with Crippen molar-refractivity contribution < 1.29 is 4.39 Å². The maximum absolute atomic E-state index is 13.6. The molecule has 0 fully saturated rings. The molecule has 20 heavy (non-hydrogen) atoms. The van der Waals surface area contributed by atoms with E-state index >= 15 is 0 Å². The van der Waals surface area contributed by atoms with Gasteiger partial charge in [-0.05, 0) is 57.4 Å². The van der Waals surface area contributed by atoms with Gasteiger partial charge in [-0.3, -0.25) is 0 Å². The first-order valence-corrected chi connectivity index (χ1v) is 7.51. The Balaban J connectivity index is 2.99. The molecular formula is C17H29FN2. The van der Waals surface area contributed by atoms with Gasteiger partial charge in [0.2, 0.25) is 0 Å². The number of hydrogen-bond acceptors (Lipinski definition) is 2. The van der Waals surface area contributed by atoms with Crippen LogP contribution in [0.5, 0.6) is 0 Å². The third-order valence-corrected chi connectivity index (χ3v) is 3.16. The van der Waals surface area contributed by atoms with Crippen LogP contribution >= 0.6 is 0 Å². The summed E-state index contributed by atoms with van der Waals surface area (Å²) in [5, 5.41) is 3.44. The third kappa shape index (κ3) is 5.49. The number of halogens is 1. The van der Waals surface area contributed by atoms with Gasteiger partial charge < -0.3 is 10.2 Å². The average Bonchev–Trinajstić information content (AvgIpc) is 2.33. The molecule has 0 spiro atoms. The summed E-state index contributed by atoms with van der Waals surface area (Å²) in [5.74, 6) is 0.420.